The molecule has 0 unspecified atom stereocenters. The van der Waals surface area contributed by atoms with E-state index >= 15 is 0 Å². The Hall–Kier alpha value is -4.01. The maximum Gasteiger partial charge on any atom is 0.254 e. The van der Waals surface area contributed by atoms with Gasteiger partial charge in [-0.3, -0.25) is 14.4 Å². The summed E-state index contributed by atoms with van der Waals surface area (Å²) in [6, 6.07) is 24.4. The van der Waals surface area contributed by atoms with E-state index in [1.165, 1.54) is 0 Å². The average Bonchev–Trinajstić information content (AvgIpc) is 3.02. The van der Waals surface area contributed by atoms with Crippen LogP contribution in [0.5, 0.6) is 0 Å². The van der Waals surface area contributed by atoms with Gasteiger partial charge in [0, 0.05) is 44.7 Å². The van der Waals surface area contributed by atoms with Crippen molar-refractivity contribution in [1.29, 1.82) is 0 Å². The molecule has 4 rings (SSSR count). The number of hydrogen-bond acceptors (Lipinski definition) is 5. The van der Waals surface area contributed by atoms with Crippen LogP contribution in [0.2, 0.25) is 0 Å². The summed E-state index contributed by atoms with van der Waals surface area (Å²) in [5.41, 5.74) is 10.7. The Bertz CT molecular complexity index is 1290. The second-order valence-corrected chi connectivity index (χ2v) is 10.3. The number of benzene rings is 3. The van der Waals surface area contributed by atoms with Crippen LogP contribution in [-0.4, -0.2) is 73.0 Å². The van der Waals surface area contributed by atoms with Gasteiger partial charge in [0.05, 0.1) is 19.3 Å². The number of amides is 3. The fourth-order valence-corrected chi connectivity index (χ4v) is 5.00. The van der Waals surface area contributed by atoms with Crippen LogP contribution in [-0.2, 0) is 27.3 Å². The summed E-state index contributed by atoms with van der Waals surface area (Å²) in [5, 5.41) is 2.92. The minimum absolute atomic E-state index is 0.0289. The Balaban J connectivity index is 1.42. The number of nitrogens with two attached hydrogens (primary N) is 1. The van der Waals surface area contributed by atoms with E-state index in [0.29, 0.717) is 57.9 Å². The Labute approximate surface area is 242 Å². The van der Waals surface area contributed by atoms with Gasteiger partial charge in [0.2, 0.25) is 11.8 Å². The van der Waals surface area contributed by atoms with Gasteiger partial charge in [-0.25, -0.2) is 0 Å². The van der Waals surface area contributed by atoms with Crippen molar-refractivity contribution < 1.29 is 19.1 Å². The average molecular weight is 557 g/mol. The summed E-state index contributed by atoms with van der Waals surface area (Å²) < 4.78 is 5.42. The molecule has 0 radical (unpaired) electrons. The summed E-state index contributed by atoms with van der Waals surface area (Å²) in [4.78, 5) is 42.7. The highest BCUT2D eigenvalue weighted by Gasteiger charge is 2.24. The number of ether oxygens (including phenoxy) is 1. The van der Waals surface area contributed by atoms with Gasteiger partial charge in [-0.2, -0.15) is 0 Å². The first-order valence-electron chi connectivity index (χ1n) is 14.4. The van der Waals surface area contributed by atoms with Crippen LogP contribution < -0.4 is 11.1 Å². The number of rotatable bonds is 12. The molecule has 3 aromatic carbocycles. The number of nitrogens with one attached hydrogen (secondary N) is 1. The summed E-state index contributed by atoms with van der Waals surface area (Å²) in [7, 11) is 0. The molecule has 0 saturated carbocycles. The molecule has 1 heterocycles. The van der Waals surface area contributed by atoms with Crippen LogP contribution in [0.1, 0.15) is 41.3 Å². The molecule has 0 aliphatic carbocycles. The lowest BCUT2D eigenvalue weighted by Gasteiger charge is -2.28. The van der Waals surface area contributed by atoms with E-state index in [9.17, 15) is 14.4 Å². The second-order valence-electron chi connectivity index (χ2n) is 10.3. The number of carbonyl (C=O) groups is 3. The van der Waals surface area contributed by atoms with Gasteiger partial charge < -0.3 is 25.6 Å². The molecule has 1 fully saturated rings. The summed E-state index contributed by atoms with van der Waals surface area (Å²) in [6.07, 6.45) is 1.30. The Kier molecular flexibility index (Phi) is 11.0. The van der Waals surface area contributed by atoms with Gasteiger partial charge in [-0.15, -0.1) is 0 Å². The Morgan fingerprint density at radius 2 is 1.61 bits per heavy atom. The third-order valence-corrected chi connectivity index (χ3v) is 7.22. The monoisotopic (exact) mass is 556 g/mol. The number of carbonyl (C=O) groups excluding carboxylic acids is 3. The first-order valence-corrected chi connectivity index (χ1v) is 14.4. The molecule has 3 aromatic rings. The maximum absolute atomic E-state index is 13.4. The molecular formula is C33H40N4O4. The highest BCUT2D eigenvalue weighted by Crippen LogP contribution is 2.27. The van der Waals surface area contributed by atoms with Crippen LogP contribution >= 0.6 is 0 Å². The van der Waals surface area contributed by atoms with Crippen molar-refractivity contribution >= 4 is 17.7 Å². The summed E-state index contributed by atoms with van der Waals surface area (Å²) in [5.74, 6) is -0.319. The quantitative estimate of drug-likeness (QED) is 0.355. The van der Waals surface area contributed by atoms with E-state index in [-0.39, 0.29) is 24.1 Å². The highest BCUT2D eigenvalue weighted by molar-refractivity contribution is 6.01. The maximum atomic E-state index is 13.4. The molecule has 1 aliphatic heterocycles. The SMILES string of the molecule is CCCN(CCC(=O)NCc1ccccc1)C(=O)[C@@H](N)Cc1ccc(C(=O)N2CCOCC2)c(-c2ccccc2)c1. The van der Waals surface area contributed by atoms with Gasteiger partial charge in [-0.1, -0.05) is 79.7 Å². The molecule has 3 amide bonds. The van der Waals surface area contributed by atoms with E-state index in [1.54, 1.807) is 4.90 Å². The minimum Gasteiger partial charge on any atom is -0.378 e. The minimum atomic E-state index is -0.765. The van der Waals surface area contributed by atoms with Crippen molar-refractivity contribution in [1.82, 2.24) is 15.1 Å². The summed E-state index contributed by atoms with van der Waals surface area (Å²) >= 11 is 0. The van der Waals surface area contributed by atoms with Crippen LogP contribution in [0.4, 0.5) is 0 Å². The largest absolute Gasteiger partial charge is 0.378 e. The zero-order chi connectivity index (χ0) is 29.0. The van der Waals surface area contributed by atoms with Crippen molar-refractivity contribution in [2.75, 3.05) is 39.4 Å². The molecular weight excluding hydrogens is 516 g/mol. The van der Waals surface area contributed by atoms with E-state index in [2.05, 4.69) is 5.32 Å². The lowest BCUT2D eigenvalue weighted by atomic mass is 9.94. The molecule has 216 valence electrons. The number of morpholine rings is 1. The number of nitrogens with zero attached hydrogens (tertiary/aromatic N) is 2. The van der Waals surface area contributed by atoms with Crippen LogP contribution in [0.25, 0.3) is 11.1 Å². The van der Waals surface area contributed by atoms with Gasteiger partial charge in [0.15, 0.2) is 0 Å². The van der Waals surface area contributed by atoms with E-state index in [4.69, 9.17) is 10.5 Å². The molecule has 1 aliphatic rings. The van der Waals surface area contributed by atoms with Crippen molar-refractivity contribution in [3.05, 3.63) is 95.6 Å². The molecule has 1 saturated heterocycles. The number of hydrogen-bond donors (Lipinski definition) is 2. The van der Waals surface area contributed by atoms with Gasteiger partial charge in [0.1, 0.15) is 0 Å². The predicted octanol–water partition coefficient (Wildman–Crippen LogP) is 3.64. The summed E-state index contributed by atoms with van der Waals surface area (Å²) in [6.45, 7) is 5.47. The second kappa shape index (κ2) is 15.1. The van der Waals surface area contributed by atoms with E-state index in [1.807, 2.05) is 90.7 Å². The zero-order valence-corrected chi connectivity index (χ0v) is 23.8. The zero-order valence-electron chi connectivity index (χ0n) is 23.8. The molecule has 1 atom stereocenters. The lowest BCUT2D eigenvalue weighted by Crippen LogP contribution is -2.46. The van der Waals surface area contributed by atoms with Crippen molar-refractivity contribution in [3.8, 4) is 11.1 Å². The normalized spacial score (nSPS) is 13.9. The fraction of sp³-hybridized carbons (Fsp3) is 0.364. The molecule has 0 spiro atoms. The molecule has 8 nitrogen and oxygen atoms in total. The Morgan fingerprint density at radius 1 is 0.927 bits per heavy atom. The van der Waals surface area contributed by atoms with E-state index in [0.717, 1.165) is 28.7 Å². The highest BCUT2D eigenvalue weighted by atomic mass is 16.5. The fourth-order valence-electron chi connectivity index (χ4n) is 5.00. The molecule has 0 bridgehead atoms. The van der Waals surface area contributed by atoms with Gasteiger partial charge >= 0.3 is 0 Å². The lowest BCUT2D eigenvalue weighted by molar-refractivity contribution is -0.133. The van der Waals surface area contributed by atoms with Gasteiger partial charge in [-0.05, 0) is 41.2 Å². The first-order chi connectivity index (χ1) is 20.0. The predicted molar refractivity (Wildman–Crippen MR) is 160 cm³/mol. The third-order valence-electron chi connectivity index (χ3n) is 7.22. The first kappa shape index (κ1) is 30.0. The molecule has 0 aromatic heterocycles. The standard InChI is InChI=1S/C33H40N4O4/c1-2-16-36(17-15-31(38)35-24-25-9-5-3-6-10-25)33(40)30(34)23-26-13-14-28(32(39)37-18-20-41-21-19-37)29(22-26)27-11-7-4-8-12-27/h3-14,22,30H,2,15-21,23-24,34H2,1H3,(H,35,38)/t30-/m0/s1. The van der Waals surface area contributed by atoms with Crippen LogP contribution in [0.15, 0.2) is 78.9 Å². The van der Waals surface area contributed by atoms with E-state index < -0.39 is 6.04 Å². The molecule has 8 heteroatoms. The van der Waals surface area contributed by atoms with Crippen molar-refractivity contribution in [2.45, 2.75) is 38.8 Å². The van der Waals surface area contributed by atoms with Crippen LogP contribution in [0, 0.1) is 0 Å². The topological polar surface area (TPSA) is 105 Å². The Morgan fingerprint density at radius 3 is 2.29 bits per heavy atom. The molecule has 41 heavy (non-hydrogen) atoms. The third kappa shape index (κ3) is 8.49. The molecule has 3 N–H and O–H groups in total. The van der Waals surface area contributed by atoms with Crippen molar-refractivity contribution in [3.63, 3.8) is 0 Å². The van der Waals surface area contributed by atoms with Crippen LogP contribution in [0.3, 0.4) is 0 Å². The van der Waals surface area contributed by atoms with Gasteiger partial charge in [0.25, 0.3) is 5.91 Å². The van der Waals surface area contributed by atoms with Crippen molar-refractivity contribution in [2.24, 2.45) is 5.73 Å². The smallest absolute Gasteiger partial charge is 0.254 e.